The highest BCUT2D eigenvalue weighted by Gasteiger charge is 2.01. The van der Waals surface area contributed by atoms with Crippen molar-refractivity contribution in [3.8, 4) is 0 Å². The van der Waals surface area contributed by atoms with Crippen LogP contribution in [0.2, 0.25) is 0 Å². The van der Waals surface area contributed by atoms with Crippen LogP contribution in [-0.2, 0) is 0 Å². The maximum absolute atomic E-state index is 3.92. The van der Waals surface area contributed by atoms with E-state index in [1.54, 1.807) is 0 Å². The lowest BCUT2D eigenvalue weighted by Gasteiger charge is -2.10. The predicted molar refractivity (Wildman–Crippen MR) is 98.4 cm³/mol. The Bertz CT molecular complexity index is 173. The highest BCUT2D eigenvalue weighted by Crippen LogP contribution is 2.17. The van der Waals surface area contributed by atoms with Crippen molar-refractivity contribution in [1.82, 2.24) is 0 Å². The predicted octanol–water partition coefficient (Wildman–Crippen LogP) is 7.92. The third kappa shape index (κ3) is 18.0. The second-order valence-electron chi connectivity index (χ2n) is 6.99. The lowest BCUT2D eigenvalue weighted by atomic mass is 9.97. The smallest absolute Gasteiger partial charge is 0.0443 e. The molecule has 0 N–H and O–H groups in total. The summed E-state index contributed by atoms with van der Waals surface area (Å²) in [6, 6.07) is 0. The quantitative estimate of drug-likeness (QED) is 0.239. The van der Waals surface area contributed by atoms with Crippen molar-refractivity contribution in [2.75, 3.05) is 0 Å². The summed E-state index contributed by atoms with van der Waals surface area (Å²) in [6.07, 6.45) is 23.7. The van der Waals surface area contributed by atoms with Gasteiger partial charge in [-0.3, -0.25) is 0 Å². The normalized spacial score (nSPS) is 12.7. The van der Waals surface area contributed by atoms with Crippen LogP contribution in [0.25, 0.3) is 0 Å². The first-order valence-corrected chi connectivity index (χ1v) is 9.89. The SMILES string of the molecule is [CH2]CCCCCCCCCCCCCCC(C)CCC[CH2]. The van der Waals surface area contributed by atoms with E-state index in [2.05, 4.69) is 20.8 Å². The second-order valence-corrected chi connectivity index (χ2v) is 6.99. The zero-order chi connectivity index (χ0) is 15.6. The molecule has 126 valence electrons. The first kappa shape index (κ1) is 21.0. The highest BCUT2D eigenvalue weighted by molar-refractivity contribution is 4.56. The monoisotopic (exact) mass is 294 g/mol. The van der Waals surface area contributed by atoms with Crippen LogP contribution in [0.1, 0.15) is 116 Å². The van der Waals surface area contributed by atoms with E-state index >= 15 is 0 Å². The number of hydrogen-bond acceptors (Lipinski definition) is 0. The minimum atomic E-state index is 0.926. The molecule has 0 nitrogen and oxygen atoms in total. The fourth-order valence-corrected chi connectivity index (χ4v) is 3.07. The van der Waals surface area contributed by atoms with Crippen molar-refractivity contribution in [2.24, 2.45) is 5.92 Å². The Kier molecular flexibility index (Phi) is 18.1. The first-order chi connectivity index (χ1) is 10.3. The molecule has 0 aromatic rings. The molecule has 0 heteroatoms. The van der Waals surface area contributed by atoms with E-state index in [0.29, 0.717) is 0 Å². The van der Waals surface area contributed by atoms with Crippen LogP contribution >= 0.6 is 0 Å². The van der Waals surface area contributed by atoms with E-state index in [9.17, 15) is 0 Å². The molecule has 0 heterocycles. The summed E-state index contributed by atoms with van der Waals surface area (Å²) in [7, 11) is 0. The van der Waals surface area contributed by atoms with Gasteiger partial charge in [-0.2, -0.15) is 0 Å². The fraction of sp³-hybridized carbons (Fsp3) is 0.905. The van der Waals surface area contributed by atoms with E-state index < -0.39 is 0 Å². The maximum atomic E-state index is 3.92. The van der Waals surface area contributed by atoms with E-state index in [-0.39, 0.29) is 0 Å². The van der Waals surface area contributed by atoms with Crippen molar-refractivity contribution in [3.63, 3.8) is 0 Å². The van der Waals surface area contributed by atoms with Crippen LogP contribution in [0.5, 0.6) is 0 Å². The average Bonchev–Trinajstić information content (AvgIpc) is 2.49. The van der Waals surface area contributed by atoms with Crippen LogP contribution in [0.4, 0.5) is 0 Å². The molecule has 0 aliphatic heterocycles. The Morgan fingerprint density at radius 3 is 1.24 bits per heavy atom. The van der Waals surface area contributed by atoms with Crippen molar-refractivity contribution in [1.29, 1.82) is 0 Å². The third-order valence-corrected chi connectivity index (χ3v) is 4.64. The van der Waals surface area contributed by atoms with E-state index in [0.717, 1.165) is 18.8 Å². The maximum Gasteiger partial charge on any atom is -0.0443 e. The standard InChI is InChI=1S/C21H42/c1-4-6-8-9-10-11-12-13-14-15-16-17-18-20-21(3)19-7-5-2/h21H,1-2,4-20H2,3H3. The van der Waals surface area contributed by atoms with Gasteiger partial charge in [0.1, 0.15) is 0 Å². The van der Waals surface area contributed by atoms with Gasteiger partial charge < -0.3 is 0 Å². The summed E-state index contributed by atoms with van der Waals surface area (Å²) in [4.78, 5) is 0. The molecule has 0 aromatic heterocycles. The van der Waals surface area contributed by atoms with Gasteiger partial charge in [-0.15, -0.1) is 0 Å². The molecule has 0 saturated heterocycles. The first-order valence-electron chi connectivity index (χ1n) is 9.89. The minimum absolute atomic E-state index is 0.926. The van der Waals surface area contributed by atoms with Gasteiger partial charge in [-0.05, 0) is 5.92 Å². The summed E-state index contributed by atoms with van der Waals surface area (Å²) in [5.41, 5.74) is 0. The van der Waals surface area contributed by atoms with E-state index in [4.69, 9.17) is 0 Å². The van der Waals surface area contributed by atoms with Gasteiger partial charge in [0.25, 0.3) is 0 Å². The molecule has 0 aromatic carbocycles. The Labute approximate surface area is 136 Å². The summed E-state index contributed by atoms with van der Waals surface area (Å²) in [6.45, 7) is 10.2. The van der Waals surface area contributed by atoms with Gasteiger partial charge in [-0.1, -0.05) is 130 Å². The molecule has 0 saturated carbocycles. The van der Waals surface area contributed by atoms with Crippen molar-refractivity contribution < 1.29 is 0 Å². The fourth-order valence-electron chi connectivity index (χ4n) is 3.07. The zero-order valence-electron chi connectivity index (χ0n) is 15.0. The average molecular weight is 295 g/mol. The van der Waals surface area contributed by atoms with Gasteiger partial charge >= 0.3 is 0 Å². The Morgan fingerprint density at radius 2 is 0.810 bits per heavy atom. The van der Waals surface area contributed by atoms with E-state index in [1.807, 2.05) is 0 Å². The third-order valence-electron chi connectivity index (χ3n) is 4.64. The van der Waals surface area contributed by atoms with Gasteiger partial charge in [0.05, 0.1) is 0 Å². The molecule has 0 fully saturated rings. The molecule has 1 atom stereocenters. The largest absolute Gasteiger partial charge is 0.0625 e. The van der Waals surface area contributed by atoms with Crippen molar-refractivity contribution in [2.45, 2.75) is 116 Å². The lowest BCUT2D eigenvalue weighted by Crippen LogP contribution is -1.94. The van der Waals surface area contributed by atoms with Crippen LogP contribution in [-0.4, -0.2) is 0 Å². The molecule has 0 rings (SSSR count). The van der Waals surface area contributed by atoms with Crippen LogP contribution < -0.4 is 0 Å². The molecule has 2 radical (unpaired) electrons. The van der Waals surface area contributed by atoms with E-state index in [1.165, 1.54) is 96.3 Å². The summed E-state index contributed by atoms with van der Waals surface area (Å²) in [5, 5.41) is 0. The molecule has 0 aliphatic rings. The number of rotatable bonds is 17. The molecule has 21 heavy (non-hydrogen) atoms. The molecular weight excluding hydrogens is 252 g/mol. The second kappa shape index (κ2) is 18.1. The topological polar surface area (TPSA) is 0 Å². The van der Waals surface area contributed by atoms with Gasteiger partial charge in [-0.25, -0.2) is 0 Å². The van der Waals surface area contributed by atoms with Crippen molar-refractivity contribution >= 4 is 0 Å². The minimum Gasteiger partial charge on any atom is -0.0625 e. The van der Waals surface area contributed by atoms with Gasteiger partial charge in [0.15, 0.2) is 0 Å². The summed E-state index contributed by atoms with van der Waals surface area (Å²) in [5.74, 6) is 0.926. The molecule has 0 bridgehead atoms. The van der Waals surface area contributed by atoms with Crippen LogP contribution in [0.3, 0.4) is 0 Å². The Morgan fingerprint density at radius 1 is 0.476 bits per heavy atom. The molecular formula is C21H42. The van der Waals surface area contributed by atoms with Crippen LogP contribution in [0, 0.1) is 19.8 Å². The Balaban J connectivity index is 3.02. The lowest BCUT2D eigenvalue weighted by molar-refractivity contribution is 0.443. The number of hydrogen-bond donors (Lipinski definition) is 0. The highest BCUT2D eigenvalue weighted by atomic mass is 14.1. The molecule has 0 amide bonds. The molecule has 0 spiro atoms. The van der Waals surface area contributed by atoms with Gasteiger partial charge in [0.2, 0.25) is 0 Å². The van der Waals surface area contributed by atoms with Gasteiger partial charge in [0, 0.05) is 0 Å². The van der Waals surface area contributed by atoms with Crippen molar-refractivity contribution in [3.05, 3.63) is 13.8 Å². The zero-order valence-corrected chi connectivity index (χ0v) is 15.0. The Hall–Kier alpha value is 0. The summed E-state index contributed by atoms with van der Waals surface area (Å²) < 4.78 is 0. The number of unbranched alkanes of at least 4 members (excludes halogenated alkanes) is 13. The summed E-state index contributed by atoms with van der Waals surface area (Å²) >= 11 is 0. The molecule has 0 aliphatic carbocycles. The molecule has 1 unspecified atom stereocenters. The van der Waals surface area contributed by atoms with Crippen LogP contribution in [0.15, 0.2) is 0 Å².